The predicted octanol–water partition coefficient (Wildman–Crippen LogP) is 7.41. The number of benzene rings is 4. The van der Waals surface area contributed by atoms with Crippen molar-refractivity contribution in [3.63, 3.8) is 0 Å². The predicted molar refractivity (Wildman–Crippen MR) is 188 cm³/mol. The van der Waals surface area contributed by atoms with Crippen LogP contribution in [0, 0.1) is 0 Å². The SMILES string of the molecule is COc1ccc(N(CC(=O)N(Cc2ccc(Cl)c(Cl)c2)[C@@H](Cc2ccccc2)C(=O)NC(C)(C)C)S(=O)(=O)c2ccccc2)cc1Cl. The van der Waals surface area contributed by atoms with Crippen LogP contribution in [0.25, 0.3) is 0 Å². The van der Waals surface area contributed by atoms with E-state index in [2.05, 4.69) is 5.32 Å². The summed E-state index contributed by atoms with van der Waals surface area (Å²) in [6, 6.07) is 25.4. The standard InChI is InChI=1S/C35H36Cl3N3O5S/c1-35(2,3)39-34(43)31(20-24-11-7-5-8-12-24)40(22-25-15-17-28(36)29(37)19-25)33(42)23-41(26-16-18-32(46-4)30(38)21-26)47(44,45)27-13-9-6-10-14-27/h5-19,21,31H,20,22-23H2,1-4H3,(H,39,43)/t31-/m0/s1. The van der Waals surface area contributed by atoms with Gasteiger partial charge in [-0.3, -0.25) is 13.9 Å². The van der Waals surface area contributed by atoms with Gasteiger partial charge in [-0.2, -0.15) is 0 Å². The fourth-order valence-corrected chi connectivity index (χ4v) is 6.90. The number of halogens is 3. The molecule has 1 atom stereocenters. The van der Waals surface area contributed by atoms with E-state index in [1.54, 1.807) is 36.4 Å². The van der Waals surface area contributed by atoms with Crippen LogP contribution in [0.4, 0.5) is 5.69 Å². The molecule has 0 bridgehead atoms. The summed E-state index contributed by atoms with van der Waals surface area (Å²) in [5.74, 6) is -0.700. The van der Waals surface area contributed by atoms with Gasteiger partial charge in [0.05, 0.1) is 32.8 Å². The fraction of sp³-hybridized carbons (Fsp3) is 0.257. The molecule has 248 valence electrons. The summed E-state index contributed by atoms with van der Waals surface area (Å²) in [7, 11) is -2.85. The molecule has 0 aliphatic heterocycles. The molecule has 0 unspecified atom stereocenters. The van der Waals surface area contributed by atoms with Gasteiger partial charge >= 0.3 is 0 Å². The lowest BCUT2D eigenvalue weighted by atomic mass is 10.0. The Labute approximate surface area is 291 Å². The molecular weight excluding hydrogens is 681 g/mol. The van der Waals surface area contributed by atoms with Crippen LogP contribution >= 0.6 is 34.8 Å². The first-order valence-electron chi connectivity index (χ1n) is 14.7. The van der Waals surface area contributed by atoms with Crippen molar-refractivity contribution in [2.75, 3.05) is 18.0 Å². The smallest absolute Gasteiger partial charge is 0.264 e. The van der Waals surface area contributed by atoms with Crippen LogP contribution in [-0.2, 0) is 32.6 Å². The number of anilines is 1. The highest BCUT2D eigenvalue weighted by atomic mass is 35.5. The minimum absolute atomic E-state index is 0.0258. The number of nitrogens with zero attached hydrogens (tertiary/aromatic N) is 2. The Morgan fingerprint density at radius 1 is 0.809 bits per heavy atom. The molecule has 2 amide bonds. The number of hydrogen-bond acceptors (Lipinski definition) is 5. The summed E-state index contributed by atoms with van der Waals surface area (Å²) in [5.41, 5.74) is 0.928. The summed E-state index contributed by atoms with van der Waals surface area (Å²) in [6.45, 7) is 4.83. The van der Waals surface area contributed by atoms with Gasteiger partial charge in [-0.05, 0) is 74.4 Å². The molecule has 0 heterocycles. The van der Waals surface area contributed by atoms with Gasteiger partial charge in [-0.25, -0.2) is 8.42 Å². The van der Waals surface area contributed by atoms with Gasteiger partial charge in [-0.15, -0.1) is 0 Å². The Morgan fingerprint density at radius 3 is 2.02 bits per heavy atom. The molecule has 8 nitrogen and oxygen atoms in total. The first-order valence-corrected chi connectivity index (χ1v) is 17.3. The maximum atomic E-state index is 14.6. The fourth-order valence-electron chi connectivity index (χ4n) is 4.90. The van der Waals surface area contributed by atoms with Gasteiger partial charge in [0.15, 0.2) is 0 Å². The molecule has 0 radical (unpaired) electrons. The molecule has 0 aromatic heterocycles. The number of methoxy groups -OCH3 is 1. The van der Waals surface area contributed by atoms with Gasteiger partial charge in [0.25, 0.3) is 10.0 Å². The molecule has 4 aromatic rings. The van der Waals surface area contributed by atoms with Gasteiger partial charge in [-0.1, -0.05) is 89.4 Å². The number of rotatable bonds is 12. The highest BCUT2D eigenvalue weighted by Crippen LogP contribution is 2.32. The van der Waals surface area contributed by atoms with E-state index in [0.29, 0.717) is 16.3 Å². The number of carbonyl (C=O) groups is 2. The molecule has 0 aliphatic rings. The molecule has 0 fully saturated rings. The van der Waals surface area contributed by atoms with E-state index in [4.69, 9.17) is 39.5 Å². The van der Waals surface area contributed by atoms with Crippen LogP contribution in [0.1, 0.15) is 31.9 Å². The summed E-state index contributed by atoms with van der Waals surface area (Å²) in [4.78, 5) is 29.9. The van der Waals surface area contributed by atoms with Crippen molar-refractivity contribution in [2.45, 2.75) is 50.2 Å². The third kappa shape index (κ3) is 9.41. The van der Waals surface area contributed by atoms with Gasteiger partial charge < -0.3 is 15.0 Å². The van der Waals surface area contributed by atoms with E-state index < -0.39 is 40.0 Å². The maximum Gasteiger partial charge on any atom is 0.264 e. The Hall–Kier alpha value is -3.76. The van der Waals surface area contributed by atoms with Crippen LogP contribution in [0.5, 0.6) is 5.75 Å². The van der Waals surface area contributed by atoms with Crippen LogP contribution in [0.3, 0.4) is 0 Å². The highest BCUT2D eigenvalue weighted by Gasteiger charge is 2.36. The molecule has 0 spiro atoms. The van der Waals surface area contributed by atoms with Crippen molar-refractivity contribution in [2.24, 2.45) is 0 Å². The van der Waals surface area contributed by atoms with E-state index in [1.165, 1.54) is 42.3 Å². The van der Waals surface area contributed by atoms with Crippen LogP contribution in [0.2, 0.25) is 15.1 Å². The van der Waals surface area contributed by atoms with Gasteiger partial charge in [0.1, 0.15) is 18.3 Å². The van der Waals surface area contributed by atoms with Crippen molar-refractivity contribution >= 4 is 62.3 Å². The largest absolute Gasteiger partial charge is 0.495 e. The second-order valence-corrected chi connectivity index (χ2v) is 14.9. The van der Waals surface area contributed by atoms with Crippen LogP contribution in [-0.4, -0.2) is 50.4 Å². The van der Waals surface area contributed by atoms with Crippen LogP contribution < -0.4 is 14.4 Å². The van der Waals surface area contributed by atoms with Crippen molar-refractivity contribution < 1.29 is 22.7 Å². The van der Waals surface area contributed by atoms with Crippen molar-refractivity contribution in [3.8, 4) is 5.75 Å². The molecule has 4 rings (SSSR count). The van der Waals surface area contributed by atoms with Crippen molar-refractivity contribution in [1.82, 2.24) is 10.2 Å². The third-order valence-corrected chi connectivity index (χ3v) is 9.96. The highest BCUT2D eigenvalue weighted by molar-refractivity contribution is 7.92. The molecule has 0 aliphatic carbocycles. The van der Waals surface area contributed by atoms with Gasteiger partial charge in [0.2, 0.25) is 11.8 Å². The second-order valence-electron chi connectivity index (χ2n) is 11.9. The summed E-state index contributed by atoms with van der Waals surface area (Å²) in [5, 5.41) is 3.76. The quantitative estimate of drug-likeness (QED) is 0.165. The minimum Gasteiger partial charge on any atom is -0.495 e. The topological polar surface area (TPSA) is 96.0 Å². The monoisotopic (exact) mass is 715 g/mol. The second kappa shape index (κ2) is 15.4. The maximum absolute atomic E-state index is 14.6. The number of nitrogens with one attached hydrogen (secondary N) is 1. The van der Waals surface area contributed by atoms with Crippen molar-refractivity contribution in [1.29, 1.82) is 0 Å². The van der Waals surface area contributed by atoms with Crippen LogP contribution in [0.15, 0.2) is 102 Å². The molecule has 0 saturated carbocycles. The molecule has 47 heavy (non-hydrogen) atoms. The van der Waals surface area contributed by atoms with E-state index in [0.717, 1.165) is 9.87 Å². The molecular formula is C35H36Cl3N3O5S. The van der Waals surface area contributed by atoms with Crippen molar-refractivity contribution in [3.05, 3.63) is 123 Å². The lowest BCUT2D eigenvalue weighted by molar-refractivity contribution is -0.140. The molecule has 1 N–H and O–H groups in total. The normalized spacial score (nSPS) is 12.2. The Kier molecular flexibility index (Phi) is 11.8. The zero-order valence-electron chi connectivity index (χ0n) is 26.4. The first kappa shape index (κ1) is 36.1. The Bertz CT molecular complexity index is 1820. The zero-order valence-corrected chi connectivity index (χ0v) is 29.5. The summed E-state index contributed by atoms with van der Waals surface area (Å²) >= 11 is 19.0. The summed E-state index contributed by atoms with van der Waals surface area (Å²) < 4.78 is 34.6. The third-order valence-electron chi connectivity index (χ3n) is 7.14. The van der Waals surface area contributed by atoms with E-state index >= 15 is 0 Å². The van der Waals surface area contributed by atoms with E-state index in [-0.39, 0.29) is 33.6 Å². The Balaban J connectivity index is 1.85. The number of hydrogen-bond donors (Lipinski definition) is 1. The lowest BCUT2D eigenvalue weighted by Gasteiger charge is -2.35. The zero-order chi connectivity index (χ0) is 34.4. The van der Waals surface area contributed by atoms with E-state index in [9.17, 15) is 18.0 Å². The molecule has 0 saturated heterocycles. The average Bonchev–Trinajstić information content (AvgIpc) is 3.03. The lowest BCUT2D eigenvalue weighted by Crippen LogP contribution is -2.56. The minimum atomic E-state index is -4.29. The summed E-state index contributed by atoms with van der Waals surface area (Å²) in [6.07, 6.45) is 0.162. The first-order chi connectivity index (χ1) is 22.2. The van der Waals surface area contributed by atoms with E-state index in [1.807, 2.05) is 51.1 Å². The molecule has 12 heteroatoms. The number of sulfonamides is 1. The number of carbonyl (C=O) groups excluding carboxylic acids is 2. The molecule has 4 aromatic carbocycles. The number of amides is 2. The Morgan fingerprint density at radius 2 is 1.45 bits per heavy atom. The number of ether oxygens (including phenoxy) is 1. The van der Waals surface area contributed by atoms with Gasteiger partial charge in [0, 0.05) is 18.5 Å². The average molecular weight is 717 g/mol.